The lowest BCUT2D eigenvalue weighted by Crippen LogP contribution is -2.38. The number of rotatable bonds is 4. The Morgan fingerprint density at radius 1 is 0.867 bits per heavy atom. The first-order valence-corrected chi connectivity index (χ1v) is 11.2. The van der Waals surface area contributed by atoms with Gasteiger partial charge < -0.3 is 5.11 Å². The number of benzene rings is 3. The van der Waals surface area contributed by atoms with E-state index < -0.39 is 32.5 Å². The second-order valence-electron chi connectivity index (χ2n) is 6.68. The highest BCUT2D eigenvalue weighted by molar-refractivity contribution is 7.87. The van der Waals surface area contributed by atoms with Crippen molar-refractivity contribution in [3.63, 3.8) is 0 Å². The number of Topliss-reactive ketones (excluding diaryl/α,β-unsaturated/α-hetero) is 1. The molecule has 0 aliphatic heterocycles. The summed E-state index contributed by atoms with van der Waals surface area (Å²) in [4.78, 5) is 12.7. The molecule has 0 bridgehead atoms. The van der Waals surface area contributed by atoms with Crippen LogP contribution in [0.2, 0.25) is 15.1 Å². The summed E-state index contributed by atoms with van der Waals surface area (Å²) >= 11 is 17.9. The fraction of sp³-hybridized carbons (Fsp3) is 0.0952. The molecule has 0 spiro atoms. The summed E-state index contributed by atoms with van der Waals surface area (Å²) in [5.41, 5.74) is -1.63. The smallest absolute Gasteiger partial charge is 0.299 e. The Labute approximate surface area is 187 Å². The molecule has 5 nitrogen and oxygen atoms in total. The van der Waals surface area contributed by atoms with Crippen LogP contribution >= 0.6 is 34.8 Å². The lowest BCUT2D eigenvalue weighted by Gasteiger charge is -2.29. The average molecular weight is 484 g/mol. The van der Waals surface area contributed by atoms with Crippen molar-refractivity contribution in [3.8, 4) is 0 Å². The second kappa shape index (κ2) is 7.64. The summed E-state index contributed by atoms with van der Waals surface area (Å²) < 4.78 is 31.6. The molecular weight excluding hydrogens is 471 g/mol. The first-order chi connectivity index (χ1) is 14.2. The Morgan fingerprint density at radius 2 is 1.47 bits per heavy atom. The van der Waals surface area contributed by atoms with Gasteiger partial charge >= 0.3 is 0 Å². The zero-order chi connectivity index (χ0) is 21.7. The highest BCUT2D eigenvalue weighted by atomic mass is 35.5. The summed E-state index contributed by atoms with van der Waals surface area (Å²) in [6.07, 6.45) is -1.53. The monoisotopic (exact) mass is 482 g/mol. The van der Waals surface area contributed by atoms with Crippen LogP contribution in [-0.2, 0) is 19.9 Å². The van der Waals surface area contributed by atoms with E-state index in [1.165, 1.54) is 30.3 Å². The number of carbonyl (C=O) groups is 1. The quantitative estimate of drug-likeness (QED) is 0.409. The van der Waals surface area contributed by atoms with Crippen molar-refractivity contribution in [2.24, 2.45) is 0 Å². The number of hydrogen-bond acceptors (Lipinski definition) is 5. The van der Waals surface area contributed by atoms with Crippen LogP contribution in [0.5, 0.6) is 0 Å². The highest BCUT2D eigenvalue weighted by Crippen LogP contribution is 2.49. The van der Waals surface area contributed by atoms with Gasteiger partial charge in [0, 0.05) is 5.56 Å². The molecule has 1 aliphatic rings. The fourth-order valence-electron chi connectivity index (χ4n) is 3.45. The van der Waals surface area contributed by atoms with Crippen molar-refractivity contribution in [1.82, 2.24) is 0 Å². The molecule has 0 amide bonds. The topological polar surface area (TPSA) is 80.7 Å². The Hall–Kier alpha value is -1.93. The minimum atomic E-state index is -4.55. The molecule has 1 N–H and O–H groups in total. The van der Waals surface area contributed by atoms with Gasteiger partial charge in [-0.15, -0.1) is 0 Å². The van der Waals surface area contributed by atoms with Crippen LogP contribution in [0.1, 0.15) is 27.6 Å². The molecule has 0 fully saturated rings. The molecule has 2 unspecified atom stereocenters. The zero-order valence-electron chi connectivity index (χ0n) is 15.1. The van der Waals surface area contributed by atoms with Crippen LogP contribution in [0.3, 0.4) is 0 Å². The summed E-state index contributed by atoms with van der Waals surface area (Å²) in [5, 5.41) is 11.3. The van der Waals surface area contributed by atoms with Crippen LogP contribution in [-0.4, -0.2) is 19.3 Å². The minimum absolute atomic E-state index is 0.0375. The Balaban J connectivity index is 1.87. The van der Waals surface area contributed by atoms with Crippen molar-refractivity contribution in [3.05, 3.63) is 98.5 Å². The van der Waals surface area contributed by atoms with Crippen molar-refractivity contribution in [1.29, 1.82) is 0 Å². The Morgan fingerprint density at radius 3 is 2.17 bits per heavy atom. The zero-order valence-corrected chi connectivity index (χ0v) is 18.1. The minimum Gasteiger partial charge on any atom is -0.374 e. The molecular formula is C21H13Cl3O5S. The van der Waals surface area contributed by atoms with E-state index in [-0.39, 0.29) is 31.8 Å². The number of fused-ring (bicyclic) bond motifs is 1. The molecule has 0 saturated heterocycles. The summed E-state index contributed by atoms with van der Waals surface area (Å²) in [5.74, 6) is -0.662. The van der Waals surface area contributed by atoms with Crippen LogP contribution < -0.4 is 0 Å². The van der Waals surface area contributed by atoms with E-state index in [1.807, 2.05) is 0 Å². The number of aliphatic hydroxyl groups is 1. The third kappa shape index (κ3) is 3.34. The molecule has 1 aliphatic carbocycles. The maximum absolute atomic E-state index is 13.1. The molecule has 9 heteroatoms. The maximum Gasteiger partial charge on any atom is 0.299 e. The van der Waals surface area contributed by atoms with E-state index in [4.69, 9.17) is 39.0 Å². The lowest BCUT2D eigenvalue weighted by molar-refractivity contribution is -0.0337. The summed E-state index contributed by atoms with van der Waals surface area (Å²) in [6.45, 7) is 0. The lowest BCUT2D eigenvalue weighted by atomic mass is 9.88. The standard InChI is InChI=1S/C21H13Cl3O5S/c22-15-10-17(24)18(11-16(15)23)30(27,28)29-20-14-9-5-4-8-13(14)19(25)21(20,26)12-6-2-1-3-7-12/h1-11,20,26H. The predicted octanol–water partition coefficient (Wildman–Crippen LogP) is 5.18. The van der Waals surface area contributed by atoms with Gasteiger partial charge in [-0.1, -0.05) is 89.4 Å². The van der Waals surface area contributed by atoms with E-state index in [1.54, 1.807) is 30.3 Å². The van der Waals surface area contributed by atoms with Crippen molar-refractivity contribution < 1.29 is 22.5 Å². The van der Waals surface area contributed by atoms with Gasteiger partial charge in [-0.3, -0.25) is 8.98 Å². The molecule has 154 valence electrons. The van der Waals surface area contributed by atoms with Crippen molar-refractivity contribution in [2.45, 2.75) is 16.6 Å². The van der Waals surface area contributed by atoms with Crippen molar-refractivity contribution in [2.75, 3.05) is 0 Å². The molecule has 0 aromatic heterocycles. The normalized spacial score (nSPS) is 20.9. The van der Waals surface area contributed by atoms with Gasteiger partial charge in [0.2, 0.25) is 5.78 Å². The van der Waals surface area contributed by atoms with Gasteiger partial charge in [0.1, 0.15) is 11.0 Å². The van der Waals surface area contributed by atoms with Crippen LogP contribution in [0.15, 0.2) is 71.6 Å². The third-order valence-electron chi connectivity index (χ3n) is 4.89. The number of carbonyl (C=O) groups excluding carboxylic acids is 1. The van der Waals surface area contributed by atoms with Crippen molar-refractivity contribution >= 4 is 50.7 Å². The molecule has 0 heterocycles. The third-order valence-corrected chi connectivity index (χ3v) is 7.36. The number of ketones is 1. The summed E-state index contributed by atoms with van der Waals surface area (Å²) in [6, 6.07) is 16.5. The first-order valence-electron chi connectivity index (χ1n) is 8.65. The molecule has 4 rings (SSSR count). The maximum atomic E-state index is 13.1. The molecule has 2 atom stereocenters. The molecule has 3 aromatic carbocycles. The number of hydrogen-bond donors (Lipinski definition) is 1. The SMILES string of the molecule is O=C1c2ccccc2C(OS(=O)(=O)c2cc(Cl)c(Cl)cc2Cl)C1(O)c1ccccc1. The van der Waals surface area contributed by atoms with Gasteiger partial charge in [-0.25, -0.2) is 0 Å². The van der Waals surface area contributed by atoms with Crippen LogP contribution in [0, 0.1) is 0 Å². The van der Waals surface area contributed by atoms with E-state index in [0.717, 1.165) is 6.07 Å². The van der Waals surface area contributed by atoms with Gasteiger partial charge in [-0.2, -0.15) is 8.42 Å². The summed E-state index contributed by atoms with van der Waals surface area (Å²) in [7, 11) is -4.55. The molecule has 30 heavy (non-hydrogen) atoms. The second-order valence-corrected chi connectivity index (χ2v) is 9.44. The van der Waals surface area contributed by atoms with Gasteiger partial charge in [-0.05, 0) is 23.3 Å². The Kier molecular flexibility index (Phi) is 5.43. The van der Waals surface area contributed by atoms with Gasteiger partial charge in [0.15, 0.2) is 5.60 Å². The number of halogens is 3. The van der Waals surface area contributed by atoms with Gasteiger partial charge in [0.25, 0.3) is 10.1 Å². The van der Waals surface area contributed by atoms with E-state index in [0.29, 0.717) is 0 Å². The van der Waals surface area contributed by atoms with Crippen LogP contribution in [0.25, 0.3) is 0 Å². The highest BCUT2D eigenvalue weighted by Gasteiger charge is 2.56. The molecule has 0 saturated carbocycles. The Bertz CT molecular complexity index is 1260. The van der Waals surface area contributed by atoms with E-state index >= 15 is 0 Å². The fourth-order valence-corrected chi connectivity index (χ4v) is 5.51. The first kappa shape index (κ1) is 21.3. The molecule has 0 radical (unpaired) electrons. The predicted molar refractivity (Wildman–Crippen MR) is 114 cm³/mol. The van der Waals surface area contributed by atoms with Gasteiger partial charge in [0.05, 0.1) is 15.1 Å². The van der Waals surface area contributed by atoms with E-state index in [2.05, 4.69) is 0 Å². The van der Waals surface area contributed by atoms with E-state index in [9.17, 15) is 18.3 Å². The molecule has 3 aromatic rings. The largest absolute Gasteiger partial charge is 0.374 e. The average Bonchev–Trinajstić information content (AvgIpc) is 2.94. The van der Waals surface area contributed by atoms with Crippen LogP contribution in [0.4, 0.5) is 0 Å².